The zero-order valence-electron chi connectivity index (χ0n) is 18.8. The van der Waals surface area contributed by atoms with Crippen molar-refractivity contribution in [3.63, 3.8) is 0 Å². The summed E-state index contributed by atoms with van der Waals surface area (Å²) in [5.41, 5.74) is 6.83. The highest BCUT2D eigenvalue weighted by Crippen LogP contribution is 2.28. The number of piperazine rings is 1. The molecule has 1 heterocycles. The van der Waals surface area contributed by atoms with E-state index in [9.17, 15) is 14.4 Å². The van der Waals surface area contributed by atoms with Gasteiger partial charge in [0.25, 0.3) is 5.91 Å². The van der Waals surface area contributed by atoms with Gasteiger partial charge in [-0.25, -0.2) is 0 Å². The molecule has 0 saturated carbocycles. The first-order valence-corrected chi connectivity index (χ1v) is 11.1. The van der Waals surface area contributed by atoms with Gasteiger partial charge in [0.15, 0.2) is 18.1 Å². The molecule has 34 heavy (non-hydrogen) atoms. The molecule has 2 aromatic rings. The second kappa shape index (κ2) is 11.9. The van der Waals surface area contributed by atoms with E-state index in [1.807, 2.05) is 24.3 Å². The molecule has 0 atom stereocenters. The highest BCUT2D eigenvalue weighted by Gasteiger charge is 2.21. The van der Waals surface area contributed by atoms with Crippen LogP contribution in [0.3, 0.4) is 0 Å². The third kappa shape index (κ3) is 7.14. The lowest BCUT2D eigenvalue weighted by atomic mass is 10.2. The monoisotopic (exact) mass is 486 g/mol. The first kappa shape index (κ1) is 24.9. The third-order valence-electron chi connectivity index (χ3n) is 5.22. The van der Waals surface area contributed by atoms with Gasteiger partial charge < -0.3 is 30.3 Å². The van der Waals surface area contributed by atoms with E-state index >= 15 is 0 Å². The van der Waals surface area contributed by atoms with Gasteiger partial charge >= 0.3 is 0 Å². The van der Waals surface area contributed by atoms with Gasteiger partial charge in [-0.2, -0.15) is 0 Å². The number of nitrogens with two attached hydrogens (primary N) is 1. The SMILES string of the molecule is COc1cc(/C=C/C(=O)NCC(=O)N2CCN(c3ccc(Cl)cc3)CC2)ccc1OCC(N)=O. The van der Waals surface area contributed by atoms with Crippen molar-refractivity contribution < 1.29 is 23.9 Å². The molecule has 3 N–H and O–H groups in total. The first-order chi connectivity index (χ1) is 16.4. The Hall–Kier alpha value is -3.72. The Labute approximate surface area is 203 Å². The molecule has 1 saturated heterocycles. The number of carbonyl (C=O) groups is 3. The largest absolute Gasteiger partial charge is 0.493 e. The summed E-state index contributed by atoms with van der Waals surface area (Å²) in [6.07, 6.45) is 2.93. The number of hydrogen-bond acceptors (Lipinski definition) is 6. The lowest BCUT2D eigenvalue weighted by Crippen LogP contribution is -2.51. The van der Waals surface area contributed by atoms with Gasteiger partial charge in [-0.05, 0) is 48.0 Å². The van der Waals surface area contributed by atoms with Gasteiger partial charge in [-0.3, -0.25) is 14.4 Å². The summed E-state index contributed by atoms with van der Waals surface area (Å²) >= 11 is 5.94. The lowest BCUT2D eigenvalue weighted by Gasteiger charge is -2.36. The van der Waals surface area contributed by atoms with Crippen molar-refractivity contribution in [3.05, 3.63) is 59.1 Å². The molecule has 9 nitrogen and oxygen atoms in total. The molecule has 0 radical (unpaired) electrons. The minimum atomic E-state index is -0.597. The Kier molecular flexibility index (Phi) is 8.75. The maximum absolute atomic E-state index is 12.5. The molecule has 1 aliphatic heterocycles. The fourth-order valence-corrected chi connectivity index (χ4v) is 3.55. The Morgan fingerprint density at radius 3 is 2.41 bits per heavy atom. The second-order valence-corrected chi connectivity index (χ2v) is 8.00. The molecule has 0 aromatic heterocycles. The highest BCUT2D eigenvalue weighted by atomic mass is 35.5. The number of halogens is 1. The van der Waals surface area contributed by atoms with E-state index in [1.54, 1.807) is 29.2 Å². The number of ether oxygens (including phenoxy) is 2. The van der Waals surface area contributed by atoms with Crippen LogP contribution in [0.15, 0.2) is 48.5 Å². The fraction of sp³-hybridized carbons (Fsp3) is 0.292. The van der Waals surface area contributed by atoms with Gasteiger partial charge in [0, 0.05) is 43.0 Å². The van der Waals surface area contributed by atoms with E-state index in [2.05, 4.69) is 10.2 Å². The van der Waals surface area contributed by atoms with Crippen LogP contribution in [0.25, 0.3) is 6.08 Å². The molecule has 0 bridgehead atoms. The number of nitrogens with one attached hydrogen (secondary N) is 1. The summed E-state index contributed by atoms with van der Waals surface area (Å²) in [6, 6.07) is 12.6. The average Bonchev–Trinajstić information content (AvgIpc) is 2.85. The number of benzene rings is 2. The van der Waals surface area contributed by atoms with Crippen LogP contribution in [0.4, 0.5) is 5.69 Å². The number of nitrogens with zero attached hydrogens (tertiary/aromatic N) is 2. The zero-order valence-corrected chi connectivity index (χ0v) is 19.6. The van der Waals surface area contributed by atoms with Crippen LogP contribution in [0.2, 0.25) is 5.02 Å². The van der Waals surface area contributed by atoms with E-state index in [1.165, 1.54) is 13.2 Å². The van der Waals surface area contributed by atoms with E-state index in [4.69, 9.17) is 26.8 Å². The van der Waals surface area contributed by atoms with E-state index in [0.717, 1.165) is 5.69 Å². The molecular weight excluding hydrogens is 460 g/mol. The number of methoxy groups -OCH3 is 1. The molecule has 3 rings (SSSR count). The molecule has 0 spiro atoms. The summed E-state index contributed by atoms with van der Waals surface area (Å²) in [6.45, 7) is 2.24. The van der Waals surface area contributed by atoms with Crippen LogP contribution >= 0.6 is 11.6 Å². The fourth-order valence-electron chi connectivity index (χ4n) is 3.43. The molecule has 0 unspecified atom stereocenters. The Morgan fingerprint density at radius 1 is 1.06 bits per heavy atom. The molecular formula is C24H27ClN4O5. The van der Waals surface area contributed by atoms with Crippen LogP contribution in [-0.4, -0.2) is 69.1 Å². The highest BCUT2D eigenvalue weighted by molar-refractivity contribution is 6.30. The van der Waals surface area contributed by atoms with Crippen LogP contribution in [0.1, 0.15) is 5.56 Å². The van der Waals surface area contributed by atoms with Crippen molar-refractivity contribution in [1.82, 2.24) is 10.2 Å². The predicted molar refractivity (Wildman–Crippen MR) is 130 cm³/mol. The Bertz CT molecular complexity index is 1050. The molecule has 0 aliphatic carbocycles. The van der Waals surface area contributed by atoms with Crippen molar-refractivity contribution in [2.24, 2.45) is 5.73 Å². The van der Waals surface area contributed by atoms with Gasteiger partial charge in [0.2, 0.25) is 11.8 Å². The third-order valence-corrected chi connectivity index (χ3v) is 5.47. The lowest BCUT2D eigenvalue weighted by molar-refractivity contribution is -0.132. The van der Waals surface area contributed by atoms with Crippen LogP contribution in [-0.2, 0) is 14.4 Å². The van der Waals surface area contributed by atoms with Crippen molar-refractivity contribution in [1.29, 1.82) is 0 Å². The number of primary amides is 1. The maximum atomic E-state index is 12.5. The Balaban J connectivity index is 1.45. The summed E-state index contributed by atoms with van der Waals surface area (Å²) in [5, 5.41) is 3.31. The second-order valence-electron chi connectivity index (χ2n) is 7.56. The molecule has 1 aliphatic rings. The number of amides is 3. The van der Waals surface area contributed by atoms with Crippen molar-refractivity contribution >= 4 is 41.1 Å². The maximum Gasteiger partial charge on any atom is 0.255 e. The van der Waals surface area contributed by atoms with Gasteiger partial charge in [-0.1, -0.05) is 17.7 Å². The van der Waals surface area contributed by atoms with Crippen molar-refractivity contribution in [2.45, 2.75) is 0 Å². The molecule has 1 fully saturated rings. The minimum absolute atomic E-state index is 0.0761. The number of hydrogen-bond donors (Lipinski definition) is 2. The topological polar surface area (TPSA) is 114 Å². The molecule has 180 valence electrons. The quantitative estimate of drug-likeness (QED) is 0.521. The number of anilines is 1. The summed E-state index contributed by atoms with van der Waals surface area (Å²) in [5.74, 6) is -0.349. The normalized spacial score (nSPS) is 13.6. The number of rotatable bonds is 9. The van der Waals surface area contributed by atoms with Crippen LogP contribution in [0, 0.1) is 0 Å². The standard InChI is InChI=1S/C24H27ClN4O5/c1-33-21-14-17(2-8-20(21)34-16-22(26)30)3-9-23(31)27-15-24(32)29-12-10-28(11-13-29)19-6-4-18(25)5-7-19/h2-9,14H,10-13,15-16H2,1H3,(H2,26,30)(H,27,31)/b9-3+. The van der Waals surface area contributed by atoms with E-state index in [-0.39, 0.29) is 25.0 Å². The molecule has 3 amide bonds. The summed E-state index contributed by atoms with van der Waals surface area (Å²) in [7, 11) is 1.47. The Morgan fingerprint density at radius 2 is 1.76 bits per heavy atom. The van der Waals surface area contributed by atoms with E-state index in [0.29, 0.717) is 48.3 Å². The predicted octanol–water partition coefficient (Wildman–Crippen LogP) is 1.69. The van der Waals surface area contributed by atoms with Gasteiger partial charge in [0.05, 0.1) is 13.7 Å². The summed E-state index contributed by atoms with van der Waals surface area (Å²) < 4.78 is 10.5. The smallest absolute Gasteiger partial charge is 0.255 e. The van der Waals surface area contributed by atoms with Gasteiger partial charge in [-0.15, -0.1) is 0 Å². The van der Waals surface area contributed by atoms with Crippen LogP contribution < -0.4 is 25.4 Å². The zero-order chi connectivity index (χ0) is 24.5. The van der Waals surface area contributed by atoms with Crippen LogP contribution in [0.5, 0.6) is 11.5 Å². The number of carbonyl (C=O) groups excluding carboxylic acids is 3. The first-order valence-electron chi connectivity index (χ1n) is 10.7. The van der Waals surface area contributed by atoms with Crippen molar-refractivity contribution in [3.8, 4) is 11.5 Å². The minimum Gasteiger partial charge on any atom is -0.493 e. The van der Waals surface area contributed by atoms with E-state index < -0.39 is 5.91 Å². The summed E-state index contributed by atoms with van der Waals surface area (Å²) in [4.78, 5) is 39.5. The van der Waals surface area contributed by atoms with Gasteiger partial charge in [0.1, 0.15) is 0 Å². The molecule has 2 aromatic carbocycles. The average molecular weight is 487 g/mol. The molecule has 10 heteroatoms. The van der Waals surface area contributed by atoms with Crippen molar-refractivity contribution in [2.75, 3.05) is 51.3 Å².